The van der Waals surface area contributed by atoms with Gasteiger partial charge in [-0.3, -0.25) is 4.90 Å². The third-order valence-corrected chi connectivity index (χ3v) is 4.83. The van der Waals surface area contributed by atoms with E-state index in [4.69, 9.17) is 0 Å². The van der Waals surface area contributed by atoms with Crippen molar-refractivity contribution in [2.45, 2.75) is 50.7 Å². The summed E-state index contributed by atoms with van der Waals surface area (Å²) in [6, 6.07) is 10.3. The number of benzene rings is 1. The molecule has 0 radical (unpaired) electrons. The topological polar surface area (TPSA) is 64.6 Å². The van der Waals surface area contributed by atoms with Gasteiger partial charge >= 0.3 is 6.03 Å². The second-order valence-electron chi connectivity index (χ2n) is 6.73. The summed E-state index contributed by atoms with van der Waals surface area (Å²) in [5.74, 6) is 0. The highest BCUT2D eigenvalue weighted by molar-refractivity contribution is 5.74. The van der Waals surface area contributed by atoms with E-state index >= 15 is 0 Å². The van der Waals surface area contributed by atoms with E-state index < -0.39 is 5.54 Å². The summed E-state index contributed by atoms with van der Waals surface area (Å²) >= 11 is 0. The fourth-order valence-electron chi connectivity index (χ4n) is 3.08. The molecule has 0 saturated heterocycles. The lowest BCUT2D eigenvalue weighted by Crippen LogP contribution is -2.54. The van der Waals surface area contributed by atoms with E-state index in [9.17, 15) is 9.90 Å². The van der Waals surface area contributed by atoms with E-state index in [1.165, 1.54) is 5.56 Å². The zero-order valence-corrected chi connectivity index (χ0v) is 14.2. The number of aliphatic hydroxyl groups excluding tert-OH is 1. The average Bonchev–Trinajstić information content (AvgIpc) is 3.02. The summed E-state index contributed by atoms with van der Waals surface area (Å²) in [5, 5.41) is 15.4. The molecule has 0 spiro atoms. The average molecular weight is 319 g/mol. The van der Waals surface area contributed by atoms with E-state index in [1.54, 1.807) is 0 Å². The van der Waals surface area contributed by atoms with Crippen LogP contribution in [0.3, 0.4) is 0 Å². The van der Waals surface area contributed by atoms with Gasteiger partial charge in [0.2, 0.25) is 0 Å². The number of hydrogen-bond donors (Lipinski definition) is 3. The summed E-state index contributed by atoms with van der Waals surface area (Å²) in [6.07, 6.45) is 3.86. The second-order valence-corrected chi connectivity index (χ2v) is 6.73. The van der Waals surface area contributed by atoms with Gasteiger partial charge in [-0.2, -0.15) is 0 Å². The molecule has 1 aromatic carbocycles. The number of amides is 2. The fraction of sp³-hybridized carbons (Fsp3) is 0.611. The maximum Gasteiger partial charge on any atom is 0.315 e. The van der Waals surface area contributed by atoms with Crippen LogP contribution in [0.15, 0.2) is 30.3 Å². The van der Waals surface area contributed by atoms with E-state index in [0.717, 1.165) is 32.2 Å². The van der Waals surface area contributed by atoms with Crippen LogP contribution < -0.4 is 10.6 Å². The molecule has 1 aliphatic carbocycles. The second kappa shape index (κ2) is 8.31. The molecule has 5 nitrogen and oxygen atoms in total. The molecule has 1 saturated carbocycles. The molecule has 1 atom stereocenters. The van der Waals surface area contributed by atoms with E-state index in [2.05, 4.69) is 41.6 Å². The standard InChI is InChI=1S/C18H29N3O2/c1-15(21(2)13-16-8-4-3-5-9-16)12-19-17(23)20-18(14-22)10-6-7-11-18/h3-5,8-9,15,22H,6-7,10-14H2,1-2H3,(H2,19,20,23). The lowest BCUT2D eigenvalue weighted by atomic mass is 9.99. The molecule has 1 aliphatic rings. The molecule has 23 heavy (non-hydrogen) atoms. The van der Waals surface area contributed by atoms with Crippen molar-refractivity contribution in [3.05, 3.63) is 35.9 Å². The lowest BCUT2D eigenvalue weighted by Gasteiger charge is -2.29. The van der Waals surface area contributed by atoms with Gasteiger partial charge in [0.25, 0.3) is 0 Å². The molecule has 0 aliphatic heterocycles. The first-order chi connectivity index (χ1) is 11.0. The van der Waals surface area contributed by atoms with Gasteiger partial charge in [0.1, 0.15) is 0 Å². The lowest BCUT2D eigenvalue weighted by molar-refractivity contribution is 0.161. The maximum atomic E-state index is 12.1. The monoisotopic (exact) mass is 319 g/mol. The Labute approximate surface area is 139 Å². The Morgan fingerprint density at radius 1 is 1.30 bits per heavy atom. The molecule has 1 unspecified atom stereocenters. The van der Waals surface area contributed by atoms with Crippen LogP contribution in [0.5, 0.6) is 0 Å². The Bertz CT molecular complexity index is 486. The van der Waals surface area contributed by atoms with Gasteiger partial charge in [0, 0.05) is 19.1 Å². The Balaban J connectivity index is 1.74. The number of nitrogens with zero attached hydrogens (tertiary/aromatic N) is 1. The summed E-state index contributed by atoms with van der Waals surface area (Å²) in [6.45, 7) is 3.55. The first kappa shape index (κ1) is 17.8. The van der Waals surface area contributed by atoms with E-state index in [0.29, 0.717) is 6.54 Å². The molecular weight excluding hydrogens is 290 g/mol. The van der Waals surface area contributed by atoms with E-state index in [-0.39, 0.29) is 18.7 Å². The Morgan fingerprint density at radius 2 is 1.96 bits per heavy atom. The minimum absolute atomic E-state index is 0.0177. The van der Waals surface area contributed by atoms with Crippen LogP contribution in [-0.4, -0.2) is 47.8 Å². The predicted molar refractivity (Wildman–Crippen MR) is 92.2 cm³/mol. The SMILES string of the molecule is CC(CNC(=O)NC1(CO)CCCC1)N(C)Cc1ccccc1. The summed E-state index contributed by atoms with van der Waals surface area (Å²) in [7, 11) is 2.06. The summed E-state index contributed by atoms with van der Waals surface area (Å²) < 4.78 is 0. The number of aliphatic hydroxyl groups is 1. The fourth-order valence-corrected chi connectivity index (χ4v) is 3.08. The Hall–Kier alpha value is -1.59. The van der Waals surface area contributed by atoms with Crippen LogP contribution in [0.25, 0.3) is 0 Å². The van der Waals surface area contributed by atoms with Gasteiger partial charge < -0.3 is 15.7 Å². The molecule has 5 heteroatoms. The van der Waals surface area contributed by atoms with Crippen molar-refractivity contribution < 1.29 is 9.90 Å². The maximum absolute atomic E-state index is 12.1. The first-order valence-electron chi connectivity index (χ1n) is 8.46. The smallest absolute Gasteiger partial charge is 0.315 e. The van der Waals surface area contributed by atoms with Gasteiger partial charge in [-0.15, -0.1) is 0 Å². The van der Waals surface area contributed by atoms with Crippen molar-refractivity contribution >= 4 is 6.03 Å². The minimum atomic E-state index is -0.413. The van der Waals surface area contributed by atoms with Gasteiger partial charge in [-0.05, 0) is 32.4 Å². The number of nitrogens with one attached hydrogen (secondary N) is 2. The van der Waals surface area contributed by atoms with Crippen molar-refractivity contribution in [2.24, 2.45) is 0 Å². The largest absolute Gasteiger partial charge is 0.394 e. The quantitative estimate of drug-likeness (QED) is 0.721. The zero-order valence-electron chi connectivity index (χ0n) is 14.2. The molecule has 0 bridgehead atoms. The van der Waals surface area contributed by atoms with Crippen LogP contribution >= 0.6 is 0 Å². The third-order valence-electron chi connectivity index (χ3n) is 4.83. The molecule has 2 rings (SSSR count). The molecule has 2 amide bonds. The predicted octanol–water partition coefficient (Wildman–Crippen LogP) is 2.11. The summed E-state index contributed by atoms with van der Waals surface area (Å²) in [4.78, 5) is 14.3. The van der Waals surface area contributed by atoms with Gasteiger partial charge in [-0.1, -0.05) is 43.2 Å². The number of hydrogen-bond acceptors (Lipinski definition) is 3. The van der Waals surface area contributed by atoms with Crippen LogP contribution in [0.1, 0.15) is 38.2 Å². The van der Waals surface area contributed by atoms with Crippen molar-refractivity contribution in [1.82, 2.24) is 15.5 Å². The molecule has 3 N–H and O–H groups in total. The highest BCUT2D eigenvalue weighted by Crippen LogP contribution is 2.28. The first-order valence-corrected chi connectivity index (χ1v) is 8.46. The number of likely N-dealkylation sites (N-methyl/N-ethyl adjacent to an activating group) is 1. The highest BCUT2D eigenvalue weighted by atomic mass is 16.3. The molecule has 1 aromatic rings. The third kappa shape index (κ3) is 5.22. The van der Waals surface area contributed by atoms with Crippen LogP contribution in [0, 0.1) is 0 Å². The summed E-state index contributed by atoms with van der Waals surface area (Å²) in [5.41, 5.74) is 0.847. The van der Waals surface area contributed by atoms with Crippen molar-refractivity contribution in [3.8, 4) is 0 Å². The Kier molecular flexibility index (Phi) is 6.42. The zero-order chi connectivity index (χ0) is 16.7. The van der Waals surface area contributed by atoms with Crippen LogP contribution in [0.2, 0.25) is 0 Å². The van der Waals surface area contributed by atoms with E-state index in [1.807, 2.05) is 18.2 Å². The number of rotatable bonds is 7. The molecule has 1 fully saturated rings. The van der Waals surface area contributed by atoms with Gasteiger partial charge in [0.15, 0.2) is 0 Å². The highest BCUT2D eigenvalue weighted by Gasteiger charge is 2.34. The molecule has 128 valence electrons. The number of urea groups is 1. The van der Waals surface area contributed by atoms with Crippen molar-refractivity contribution in [3.63, 3.8) is 0 Å². The van der Waals surface area contributed by atoms with Crippen molar-refractivity contribution in [2.75, 3.05) is 20.2 Å². The molecule has 0 heterocycles. The number of carbonyl (C=O) groups is 1. The normalized spacial score (nSPS) is 17.9. The molecular formula is C18H29N3O2. The van der Waals surface area contributed by atoms with Gasteiger partial charge in [0.05, 0.1) is 12.1 Å². The Morgan fingerprint density at radius 3 is 2.57 bits per heavy atom. The number of carbonyl (C=O) groups excluding carboxylic acids is 1. The van der Waals surface area contributed by atoms with Crippen LogP contribution in [-0.2, 0) is 6.54 Å². The van der Waals surface area contributed by atoms with Gasteiger partial charge in [-0.25, -0.2) is 4.79 Å². The van der Waals surface area contributed by atoms with Crippen LogP contribution in [0.4, 0.5) is 4.79 Å². The molecule has 0 aromatic heterocycles. The minimum Gasteiger partial charge on any atom is -0.394 e. The van der Waals surface area contributed by atoms with Crippen molar-refractivity contribution in [1.29, 1.82) is 0 Å².